The summed E-state index contributed by atoms with van der Waals surface area (Å²) < 4.78 is 5.10. The first kappa shape index (κ1) is 16.3. The second-order valence-corrected chi connectivity index (χ2v) is 4.81. The maximum absolute atomic E-state index is 11.1. The molecule has 0 aliphatic heterocycles. The highest BCUT2D eigenvalue weighted by Gasteiger charge is 2.15. The largest absolute Gasteiger partial charge is 0.495 e. The van der Waals surface area contributed by atoms with Crippen LogP contribution in [0.3, 0.4) is 0 Å². The first-order valence-electron chi connectivity index (χ1n) is 6.97. The number of benzene rings is 1. The number of aliphatic carboxylic acids is 1. The number of hydrogen-bond acceptors (Lipinski definition) is 4. The highest BCUT2D eigenvalue weighted by atomic mass is 16.5. The fourth-order valence-corrected chi connectivity index (χ4v) is 2.05. The topological polar surface area (TPSA) is 84.6 Å². The fourth-order valence-electron chi connectivity index (χ4n) is 2.05. The summed E-state index contributed by atoms with van der Waals surface area (Å²) in [5.41, 5.74) is 7.51. The molecule has 1 aromatic rings. The number of methoxy groups -OCH3 is 1. The zero-order valence-corrected chi connectivity index (χ0v) is 12.2. The Labute approximate surface area is 120 Å². The summed E-state index contributed by atoms with van der Waals surface area (Å²) in [5.74, 6) is -0.124. The van der Waals surface area contributed by atoms with Gasteiger partial charge in [-0.25, -0.2) is 0 Å². The molecule has 1 unspecified atom stereocenters. The molecule has 0 aromatic heterocycles. The van der Waals surface area contributed by atoms with E-state index in [2.05, 4.69) is 12.2 Å². The number of carboxylic acids is 1. The van der Waals surface area contributed by atoms with Crippen molar-refractivity contribution >= 4 is 11.7 Å². The minimum absolute atomic E-state index is 0.467. The van der Waals surface area contributed by atoms with Gasteiger partial charge < -0.3 is 20.9 Å². The lowest BCUT2D eigenvalue weighted by Gasteiger charge is -2.14. The Hall–Kier alpha value is -1.75. The molecule has 0 aliphatic carbocycles. The van der Waals surface area contributed by atoms with Crippen LogP contribution in [0, 0.1) is 0 Å². The van der Waals surface area contributed by atoms with Crippen LogP contribution in [0.5, 0.6) is 5.75 Å². The quantitative estimate of drug-likeness (QED) is 0.603. The molecule has 5 nitrogen and oxygen atoms in total. The smallest absolute Gasteiger partial charge is 0.320 e. The predicted molar refractivity (Wildman–Crippen MR) is 80.1 cm³/mol. The van der Waals surface area contributed by atoms with Crippen LogP contribution < -0.4 is 15.8 Å². The summed E-state index contributed by atoms with van der Waals surface area (Å²) in [6, 6.07) is 5.17. The van der Waals surface area contributed by atoms with Crippen molar-refractivity contribution in [3.8, 4) is 5.75 Å². The van der Waals surface area contributed by atoms with Crippen molar-refractivity contribution < 1.29 is 14.6 Å². The van der Waals surface area contributed by atoms with E-state index in [4.69, 9.17) is 15.6 Å². The van der Waals surface area contributed by atoms with Crippen molar-refractivity contribution in [1.82, 2.24) is 5.32 Å². The second kappa shape index (κ2) is 8.43. The Balaban J connectivity index is 2.46. The SMILES string of the molecule is CCCCC(NCCc1ccc(OC)c(N)c1)C(=O)O. The van der Waals surface area contributed by atoms with E-state index in [0.717, 1.165) is 24.8 Å². The average molecular weight is 280 g/mol. The zero-order valence-electron chi connectivity index (χ0n) is 12.2. The molecule has 0 bridgehead atoms. The van der Waals surface area contributed by atoms with Crippen molar-refractivity contribution in [3.05, 3.63) is 23.8 Å². The molecule has 1 aromatic carbocycles. The van der Waals surface area contributed by atoms with Gasteiger partial charge in [-0.15, -0.1) is 0 Å². The van der Waals surface area contributed by atoms with Gasteiger partial charge in [0.15, 0.2) is 0 Å². The highest BCUT2D eigenvalue weighted by Crippen LogP contribution is 2.21. The summed E-state index contributed by atoms with van der Waals surface area (Å²) in [6.07, 6.45) is 3.32. The van der Waals surface area contributed by atoms with E-state index in [1.807, 2.05) is 18.2 Å². The molecule has 0 spiro atoms. The number of rotatable bonds is 9. The third kappa shape index (κ3) is 5.09. The summed E-state index contributed by atoms with van der Waals surface area (Å²) in [6.45, 7) is 2.67. The van der Waals surface area contributed by atoms with Gasteiger partial charge in [-0.05, 0) is 37.1 Å². The molecular weight excluding hydrogens is 256 g/mol. The van der Waals surface area contributed by atoms with Crippen LogP contribution in [0.2, 0.25) is 0 Å². The molecule has 20 heavy (non-hydrogen) atoms. The molecule has 0 fully saturated rings. The molecule has 112 valence electrons. The summed E-state index contributed by atoms with van der Waals surface area (Å²) in [5, 5.41) is 12.2. The van der Waals surface area contributed by atoms with Gasteiger partial charge in [-0.1, -0.05) is 25.8 Å². The molecule has 5 heteroatoms. The van der Waals surface area contributed by atoms with Crippen LogP contribution in [0.4, 0.5) is 5.69 Å². The van der Waals surface area contributed by atoms with E-state index >= 15 is 0 Å². The van der Waals surface area contributed by atoms with Gasteiger partial charge >= 0.3 is 5.97 Å². The minimum Gasteiger partial charge on any atom is -0.495 e. The van der Waals surface area contributed by atoms with Crippen LogP contribution in [0.15, 0.2) is 18.2 Å². The number of hydrogen-bond donors (Lipinski definition) is 3. The standard InChI is InChI=1S/C15H24N2O3/c1-3-4-5-13(15(18)19)17-9-8-11-6-7-14(20-2)12(16)10-11/h6-7,10,13,17H,3-5,8-9,16H2,1-2H3,(H,18,19). The highest BCUT2D eigenvalue weighted by molar-refractivity contribution is 5.73. The van der Waals surface area contributed by atoms with Crippen LogP contribution in [0.25, 0.3) is 0 Å². The molecule has 1 rings (SSSR count). The number of ether oxygens (including phenoxy) is 1. The van der Waals surface area contributed by atoms with Crippen molar-refractivity contribution in [1.29, 1.82) is 0 Å². The summed E-state index contributed by atoms with van der Waals surface area (Å²) >= 11 is 0. The summed E-state index contributed by atoms with van der Waals surface area (Å²) in [7, 11) is 1.58. The van der Waals surface area contributed by atoms with Gasteiger partial charge in [0, 0.05) is 0 Å². The molecule has 0 saturated heterocycles. The lowest BCUT2D eigenvalue weighted by molar-refractivity contribution is -0.139. The molecule has 1 atom stereocenters. The van der Waals surface area contributed by atoms with Crippen LogP contribution in [-0.4, -0.2) is 30.8 Å². The van der Waals surface area contributed by atoms with Crippen LogP contribution in [0.1, 0.15) is 31.7 Å². The fraction of sp³-hybridized carbons (Fsp3) is 0.533. The Morgan fingerprint density at radius 3 is 2.80 bits per heavy atom. The third-order valence-corrected chi connectivity index (χ3v) is 3.24. The van der Waals surface area contributed by atoms with Crippen LogP contribution in [-0.2, 0) is 11.2 Å². The van der Waals surface area contributed by atoms with Crippen molar-refractivity contribution in [3.63, 3.8) is 0 Å². The number of carboxylic acid groups (broad SMARTS) is 1. The summed E-state index contributed by atoms with van der Waals surface area (Å²) in [4.78, 5) is 11.1. The van der Waals surface area contributed by atoms with E-state index < -0.39 is 12.0 Å². The first-order chi connectivity index (χ1) is 9.58. The third-order valence-electron chi connectivity index (χ3n) is 3.24. The Morgan fingerprint density at radius 1 is 1.50 bits per heavy atom. The van der Waals surface area contributed by atoms with Gasteiger partial charge in [0.1, 0.15) is 11.8 Å². The number of unbranched alkanes of at least 4 members (excludes halogenated alkanes) is 1. The molecule has 0 amide bonds. The van der Waals surface area contributed by atoms with E-state index in [9.17, 15) is 4.79 Å². The van der Waals surface area contributed by atoms with Crippen molar-refractivity contribution in [2.75, 3.05) is 19.4 Å². The average Bonchev–Trinajstić information content (AvgIpc) is 2.42. The number of nitrogen functional groups attached to an aromatic ring is 1. The number of anilines is 1. The van der Waals surface area contributed by atoms with Gasteiger partial charge in [0.05, 0.1) is 12.8 Å². The minimum atomic E-state index is -0.785. The van der Waals surface area contributed by atoms with Crippen molar-refractivity contribution in [2.24, 2.45) is 0 Å². The maximum Gasteiger partial charge on any atom is 0.320 e. The maximum atomic E-state index is 11.1. The number of nitrogens with one attached hydrogen (secondary N) is 1. The van der Waals surface area contributed by atoms with Gasteiger partial charge in [-0.2, -0.15) is 0 Å². The van der Waals surface area contributed by atoms with E-state index in [1.165, 1.54) is 0 Å². The van der Waals surface area contributed by atoms with Gasteiger partial charge in [-0.3, -0.25) is 4.79 Å². The number of nitrogens with two attached hydrogens (primary N) is 1. The van der Waals surface area contributed by atoms with E-state index in [0.29, 0.717) is 24.4 Å². The Bertz CT molecular complexity index is 435. The molecule has 0 saturated carbocycles. The molecule has 0 heterocycles. The van der Waals surface area contributed by atoms with Gasteiger partial charge in [0.2, 0.25) is 0 Å². The lowest BCUT2D eigenvalue weighted by atomic mass is 10.1. The Kier molecular flexibility index (Phi) is 6.87. The number of carbonyl (C=O) groups is 1. The van der Waals surface area contributed by atoms with E-state index in [1.54, 1.807) is 7.11 Å². The van der Waals surface area contributed by atoms with Crippen LogP contribution >= 0.6 is 0 Å². The Morgan fingerprint density at radius 2 is 2.25 bits per heavy atom. The van der Waals surface area contributed by atoms with E-state index in [-0.39, 0.29) is 0 Å². The second-order valence-electron chi connectivity index (χ2n) is 4.81. The molecule has 0 aliphatic rings. The predicted octanol–water partition coefficient (Wildman–Crippen LogP) is 2.05. The van der Waals surface area contributed by atoms with Gasteiger partial charge in [0.25, 0.3) is 0 Å². The van der Waals surface area contributed by atoms with Crippen molar-refractivity contribution in [2.45, 2.75) is 38.6 Å². The normalized spacial score (nSPS) is 12.1. The monoisotopic (exact) mass is 280 g/mol. The molecular formula is C15H24N2O3. The molecule has 0 radical (unpaired) electrons. The first-order valence-corrected chi connectivity index (χ1v) is 6.97. The molecule has 4 N–H and O–H groups in total. The lowest BCUT2D eigenvalue weighted by Crippen LogP contribution is -2.37. The zero-order chi connectivity index (χ0) is 15.0.